The summed E-state index contributed by atoms with van der Waals surface area (Å²) in [4.78, 5) is 30.8. The van der Waals surface area contributed by atoms with Gasteiger partial charge >= 0.3 is 6.03 Å². The topological polar surface area (TPSA) is 99.8 Å². The average molecular weight is 426 g/mol. The minimum Gasteiger partial charge on any atom is -0.369 e. The fourth-order valence-corrected chi connectivity index (χ4v) is 3.69. The summed E-state index contributed by atoms with van der Waals surface area (Å²) in [6.45, 7) is 6.54. The third-order valence-corrected chi connectivity index (χ3v) is 5.09. The minimum atomic E-state index is -0.812. The molecular formula is C23H28FN5O2. The molecular weight excluding hydrogens is 397 g/mol. The fourth-order valence-electron chi connectivity index (χ4n) is 3.69. The van der Waals surface area contributed by atoms with Crippen molar-refractivity contribution < 1.29 is 14.0 Å². The molecule has 7 nitrogen and oxygen atoms in total. The van der Waals surface area contributed by atoms with Gasteiger partial charge in [0.2, 0.25) is 0 Å². The lowest BCUT2D eigenvalue weighted by Gasteiger charge is -2.23. The summed E-state index contributed by atoms with van der Waals surface area (Å²) in [6, 6.07) is 13.0. The highest BCUT2D eigenvalue weighted by Crippen LogP contribution is 2.29. The van der Waals surface area contributed by atoms with E-state index in [1.165, 1.54) is 17.0 Å². The molecule has 0 aromatic heterocycles. The second kappa shape index (κ2) is 9.16. The highest BCUT2D eigenvalue weighted by Gasteiger charge is 2.43. The minimum absolute atomic E-state index is 0.0886. The molecule has 1 atom stereocenters. The number of guanidine groups is 1. The van der Waals surface area contributed by atoms with E-state index in [0.717, 1.165) is 11.1 Å². The molecule has 2 aromatic rings. The number of rotatable bonds is 7. The molecule has 1 aliphatic heterocycles. The molecule has 3 amide bonds. The fraction of sp³-hybridized carbons (Fsp3) is 0.348. The van der Waals surface area contributed by atoms with E-state index in [-0.39, 0.29) is 24.1 Å². The molecule has 0 saturated carbocycles. The van der Waals surface area contributed by atoms with Crippen molar-refractivity contribution in [2.24, 2.45) is 16.6 Å². The van der Waals surface area contributed by atoms with E-state index in [4.69, 9.17) is 5.73 Å². The van der Waals surface area contributed by atoms with Crippen LogP contribution in [0, 0.1) is 11.7 Å². The Balaban J connectivity index is 1.55. The van der Waals surface area contributed by atoms with E-state index in [0.29, 0.717) is 18.9 Å². The summed E-state index contributed by atoms with van der Waals surface area (Å²) in [6.07, 6.45) is 0.641. The van der Waals surface area contributed by atoms with E-state index >= 15 is 0 Å². The predicted octanol–water partition coefficient (Wildman–Crippen LogP) is 3.61. The Morgan fingerprint density at radius 1 is 1.16 bits per heavy atom. The van der Waals surface area contributed by atoms with Gasteiger partial charge in [0.15, 0.2) is 5.96 Å². The molecule has 31 heavy (non-hydrogen) atoms. The maximum Gasteiger partial charge on any atom is 0.319 e. The van der Waals surface area contributed by atoms with Crippen molar-refractivity contribution in [1.82, 2.24) is 10.2 Å². The predicted molar refractivity (Wildman–Crippen MR) is 119 cm³/mol. The average Bonchev–Trinajstić information content (AvgIpc) is 2.91. The molecule has 164 valence electrons. The lowest BCUT2D eigenvalue weighted by Crippen LogP contribution is -2.43. The summed E-state index contributed by atoms with van der Waals surface area (Å²) >= 11 is 0. The zero-order valence-corrected chi connectivity index (χ0v) is 18.0. The Morgan fingerprint density at radius 2 is 1.81 bits per heavy atom. The van der Waals surface area contributed by atoms with Crippen molar-refractivity contribution in [3.8, 4) is 0 Å². The molecule has 0 fully saturated rings. The first-order valence-electron chi connectivity index (χ1n) is 10.2. The summed E-state index contributed by atoms with van der Waals surface area (Å²) in [7, 11) is 0. The number of carbonyl (C=O) groups is 2. The van der Waals surface area contributed by atoms with Gasteiger partial charge in [-0.3, -0.25) is 9.69 Å². The number of amides is 3. The maximum atomic E-state index is 13.6. The van der Waals surface area contributed by atoms with Crippen LogP contribution in [0.1, 0.15) is 38.3 Å². The second-order valence-corrected chi connectivity index (χ2v) is 8.34. The van der Waals surface area contributed by atoms with Crippen LogP contribution in [0.15, 0.2) is 53.5 Å². The van der Waals surface area contributed by atoms with Crippen molar-refractivity contribution in [3.05, 3.63) is 65.5 Å². The number of benzene rings is 2. The third-order valence-electron chi connectivity index (χ3n) is 5.09. The van der Waals surface area contributed by atoms with Crippen molar-refractivity contribution in [2.45, 2.75) is 45.8 Å². The van der Waals surface area contributed by atoms with Crippen molar-refractivity contribution in [3.63, 3.8) is 0 Å². The van der Waals surface area contributed by atoms with E-state index in [1.54, 1.807) is 12.1 Å². The Morgan fingerprint density at radius 3 is 2.45 bits per heavy atom. The van der Waals surface area contributed by atoms with E-state index in [9.17, 15) is 14.0 Å². The van der Waals surface area contributed by atoms with Crippen LogP contribution >= 0.6 is 0 Å². The largest absolute Gasteiger partial charge is 0.369 e. The van der Waals surface area contributed by atoms with E-state index < -0.39 is 17.4 Å². The van der Waals surface area contributed by atoms with Gasteiger partial charge in [-0.1, -0.05) is 50.2 Å². The first kappa shape index (κ1) is 22.3. The molecule has 3 rings (SSSR count). The van der Waals surface area contributed by atoms with Gasteiger partial charge in [0.1, 0.15) is 11.4 Å². The summed E-state index contributed by atoms with van der Waals surface area (Å²) in [5.74, 6) is -0.0171. The van der Waals surface area contributed by atoms with Crippen LogP contribution in [0.25, 0.3) is 0 Å². The molecule has 0 radical (unpaired) electrons. The van der Waals surface area contributed by atoms with Crippen LogP contribution in [0.4, 0.5) is 14.9 Å². The number of urea groups is 1. The number of hydrogen-bond acceptors (Lipinski definition) is 4. The molecule has 0 bridgehead atoms. The van der Waals surface area contributed by atoms with Crippen molar-refractivity contribution in [2.75, 3.05) is 5.32 Å². The smallest absolute Gasteiger partial charge is 0.319 e. The molecule has 8 heteroatoms. The van der Waals surface area contributed by atoms with Crippen molar-refractivity contribution >= 4 is 23.6 Å². The van der Waals surface area contributed by atoms with Gasteiger partial charge in [0.05, 0.1) is 12.2 Å². The Hall–Kier alpha value is -3.42. The first-order valence-corrected chi connectivity index (χ1v) is 10.2. The number of nitrogens with two attached hydrogens (primary N) is 1. The van der Waals surface area contributed by atoms with E-state index in [1.807, 2.05) is 31.2 Å². The van der Waals surface area contributed by atoms with Crippen molar-refractivity contribution in [1.29, 1.82) is 0 Å². The Kier molecular flexibility index (Phi) is 6.58. The van der Waals surface area contributed by atoms with Gasteiger partial charge in [-0.2, -0.15) is 0 Å². The zero-order chi connectivity index (χ0) is 22.6. The number of aliphatic imine (C=N–C) groups is 1. The molecule has 0 spiro atoms. The van der Waals surface area contributed by atoms with Crippen LogP contribution in [-0.2, 0) is 17.9 Å². The van der Waals surface area contributed by atoms with Crippen LogP contribution in [0.3, 0.4) is 0 Å². The lowest BCUT2D eigenvalue weighted by molar-refractivity contribution is -0.131. The van der Waals surface area contributed by atoms with Gasteiger partial charge in [-0.15, -0.1) is 0 Å². The quantitative estimate of drug-likeness (QED) is 0.632. The summed E-state index contributed by atoms with van der Waals surface area (Å²) < 4.78 is 13.6. The van der Waals surface area contributed by atoms with Gasteiger partial charge in [-0.25, -0.2) is 14.2 Å². The monoisotopic (exact) mass is 425 g/mol. The second-order valence-electron chi connectivity index (χ2n) is 8.34. The van der Waals surface area contributed by atoms with Crippen LogP contribution in [-0.4, -0.2) is 28.3 Å². The van der Waals surface area contributed by atoms with Gasteiger partial charge in [-0.05, 0) is 42.5 Å². The number of halogens is 1. The SMILES string of the molecule is CC(C)CC1(C)N=C(N)N(Cc2ccc(CNC(=O)Nc3ccccc3F)cc2)C1=O. The molecule has 1 unspecified atom stereocenters. The Labute approximate surface area is 181 Å². The third kappa shape index (κ3) is 5.39. The molecule has 4 N–H and O–H groups in total. The highest BCUT2D eigenvalue weighted by atomic mass is 19.1. The normalized spacial score (nSPS) is 18.3. The van der Waals surface area contributed by atoms with Crippen LogP contribution < -0.4 is 16.4 Å². The number of nitrogens with zero attached hydrogens (tertiary/aromatic N) is 2. The lowest BCUT2D eigenvalue weighted by atomic mass is 9.91. The summed E-state index contributed by atoms with van der Waals surface area (Å²) in [5, 5.41) is 5.16. The number of carbonyl (C=O) groups excluding carboxylic acids is 2. The number of anilines is 1. The maximum absolute atomic E-state index is 13.6. The number of nitrogens with one attached hydrogen (secondary N) is 2. The van der Waals surface area contributed by atoms with Gasteiger partial charge in [0.25, 0.3) is 5.91 Å². The molecule has 1 heterocycles. The van der Waals surface area contributed by atoms with Crippen LogP contribution in [0.2, 0.25) is 0 Å². The van der Waals surface area contributed by atoms with Gasteiger partial charge in [0, 0.05) is 6.54 Å². The first-order chi connectivity index (χ1) is 14.7. The highest BCUT2D eigenvalue weighted by molar-refractivity contribution is 6.06. The molecule has 2 aromatic carbocycles. The Bertz CT molecular complexity index is 990. The summed E-state index contributed by atoms with van der Waals surface area (Å²) in [5.41, 5.74) is 7.11. The number of para-hydroxylation sites is 1. The molecule has 0 aliphatic carbocycles. The van der Waals surface area contributed by atoms with E-state index in [2.05, 4.69) is 29.5 Å². The standard InChI is InChI=1S/C23H28FN5O2/c1-15(2)12-23(3)20(30)29(21(25)28-23)14-17-10-8-16(9-11-17)13-26-22(31)27-19-7-5-4-6-18(19)24/h4-11,15H,12-14H2,1-3H3,(H2,25,28)(H2,26,27,31). The van der Waals surface area contributed by atoms with Crippen LogP contribution in [0.5, 0.6) is 0 Å². The zero-order valence-electron chi connectivity index (χ0n) is 18.0. The van der Waals surface area contributed by atoms with Gasteiger partial charge < -0.3 is 16.4 Å². The number of hydrogen-bond donors (Lipinski definition) is 3. The molecule has 0 saturated heterocycles. The molecule has 1 aliphatic rings.